The zero-order chi connectivity index (χ0) is 15.0. The van der Waals surface area contributed by atoms with Crippen molar-refractivity contribution in [3.63, 3.8) is 0 Å². The van der Waals surface area contributed by atoms with Gasteiger partial charge in [0, 0.05) is 13.1 Å². The molecule has 0 radical (unpaired) electrons. The average molecular weight is 280 g/mol. The molecule has 7 nitrogen and oxygen atoms in total. The van der Waals surface area contributed by atoms with Crippen LogP contribution >= 0.6 is 0 Å². The maximum atomic E-state index is 12.2. The largest absolute Gasteiger partial charge is 0.329 e. The maximum Gasteiger partial charge on any atom is 0.329 e. The molecule has 0 saturated heterocycles. The van der Waals surface area contributed by atoms with Gasteiger partial charge in [-0.2, -0.15) is 15.6 Å². The molecule has 1 aliphatic carbocycles. The average Bonchev–Trinajstić information content (AvgIpc) is 3.30. The van der Waals surface area contributed by atoms with Crippen molar-refractivity contribution in [3.8, 4) is 12.1 Å². The van der Waals surface area contributed by atoms with Gasteiger partial charge in [-0.15, -0.1) is 0 Å². The number of aromatic nitrogens is 2. The van der Waals surface area contributed by atoms with Crippen molar-refractivity contribution in [2.24, 2.45) is 12.1 Å². The fourth-order valence-electron chi connectivity index (χ4n) is 2.31. The Morgan fingerprint density at radius 3 is 2.67 bits per heavy atom. The molecule has 7 heteroatoms. The van der Waals surface area contributed by atoms with Crippen molar-refractivity contribution in [1.29, 1.82) is 10.5 Å². The number of nitrogens with one attached hydrogen (secondary N) is 1. The second-order valence-electron chi connectivity index (χ2n) is 4.94. The smallest absolute Gasteiger partial charge is 0.295 e. The number of hydrogen-bond donors (Lipinski definition) is 1. The summed E-state index contributed by atoms with van der Waals surface area (Å²) < 4.78 is 3.41. The van der Waals surface area contributed by atoms with Crippen molar-refractivity contribution in [1.82, 2.24) is 9.13 Å². The lowest BCUT2D eigenvalue weighted by Gasteiger charge is -2.02. The molecule has 1 fully saturated rings. The first-order valence-corrected chi connectivity index (χ1v) is 6.50. The van der Waals surface area contributed by atoms with Crippen molar-refractivity contribution >= 4 is 22.4 Å². The van der Waals surface area contributed by atoms with Gasteiger partial charge in [0.1, 0.15) is 12.1 Å². The molecule has 1 aliphatic rings. The number of anilines is 1. The predicted octanol–water partition coefficient (Wildman–Crippen LogP) is 1.49. The van der Waals surface area contributed by atoms with Crippen LogP contribution in [0.15, 0.2) is 28.1 Å². The zero-order valence-electron chi connectivity index (χ0n) is 11.4. The van der Waals surface area contributed by atoms with Gasteiger partial charge in [0.15, 0.2) is 0 Å². The molecule has 1 aromatic carbocycles. The van der Waals surface area contributed by atoms with Crippen LogP contribution in [0.4, 0.5) is 5.69 Å². The van der Waals surface area contributed by atoms with Crippen LogP contribution in [-0.4, -0.2) is 14.8 Å². The Morgan fingerprint density at radius 2 is 2.05 bits per heavy atom. The van der Waals surface area contributed by atoms with E-state index in [2.05, 4.69) is 10.5 Å². The molecule has 1 heterocycles. The molecule has 1 saturated carbocycles. The SMILES string of the molecule is Cn1c(=O)n(C2CC2)c2ccc(NN=C(C#N)C#N)cc21. The highest BCUT2D eigenvalue weighted by atomic mass is 16.1. The maximum absolute atomic E-state index is 12.2. The van der Waals surface area contributed by atoms with Gasteiger partial charge in [0.25, 0.3) is 0 Å². The lowest BCUT2D eigenvalue weighted by Crippen LogP contribution is -2.21. The van der Waals surface area contributed by atoms with E-state index in [9.17, 15) is 4.79 Å². The van der Waals surface area contributed by atoms with Crippen LogP contribution < -0.4 is 11.1 Å². The van der Waals surface area contributed by atoms with Crippen LogP contribution in [0.1, 0.15) is 18.9 Å². The Morgan fingerprint density at radius 1 is 1.33 bits per heavy atom. The molecule has 2 aromatic rings. The normalized spacial score (nSPS) is 13.5. The molecule has 0 spiro atoms. The van der Waals surface area contributed by atoms with E-state index in [0.717, 1.165) is 23.9 Å². The van der Waals surface area contributed by atoms with Gasteiger partial charge in [-0.3, -0.25) is 14.6 Å². The fraction of sp³-hybridized carbons (Fsp3) is 0.286. The summed E-state index contributed by atoms with van der Waals surface area (Å²) in [7, 11) is 1.73. The molecule has 21 heavy (non-hydrogen) atoms. The minimum absolute atomic E-state index is 0.0251. The van der Waals surface area contributed by atoms with Crippen LogP contribution in [-0.2, 0) is 7.05 Å². The molecule has 0 aliphatic heterocycles. The van der Waals surface area contributed by atoms with Crippen molar-refractivity contribution in [2.75, 3.05) is 5.43 Å². The highest BCUT2D eigenvalue weighted by Crippen LogP contribution is 2.36. The number of aryl methyl sites for hydroxylation is 1. The van der Waals surface area contributed by atoms with Crippen LogP contribution in [0, 0.1) is 22.7 Å². The Hall–Kier alpha value is -3.06. The van der Waals surface area contributed by atoms with Gasteiger partial charge in [-0.25, -0.2) is 4.79 Å². The first kappa shape index (κ1) is 12.9. The topological polar surface area (TPSA) is 98.9 Å². The van der Waals surface area contributed by atoms with Crippen molar-refractivity contribution in [3.05, 3.63) is 28.7 Å². The quantitative estimate of drug-likeness (QED) is 0.680. The third kappa shape index (κ3) is 2.15. The van der Waals surface area contributed by atoms with Gasteiger partial charge in [-0.1, -0.05) is 0 Å². The van der Waals surface area contributed by atoms with E-state index in [0.29, 0.717) is 11.7 Å². The molecule has 1 aromatic heterocycles. The van der Waals surface area contributed by atoms with Crippen LogP contribution in [0.3, 0.4) is 0 Å². The third-order valence-corrected chi connectivity index (χ3v) is 3.51. The third-order valence-electron chi connectivity index (χ3n) is 3.51. The molecule has 0 atom stereocenters. The summed E-state index contributed by atoms with van der Waals surface area (Å²) in [5.74, 6) is 0. The van der Waals surface area contributed by atoms with E-state index in [4.69, 9.17) is 10.5 Å². The van der Waals surface area contributed by atoms with Crippen LogP contribution in [0.25, 0.3) is 11.0 Å². The summed E-state index contributed by atoms with van der Waals surface area (Å²) in [6.07, 6.45) is 2.08. The Balaban J connectivity index is 2.04. The van der Waals surface area contributed by atoms with Gasteiger partial charge in [-0.05, 0) is 31.0 Å². The van der Waals surface area contributed by atoms with Crippen LogP contribution in [0.2, 0.25) is 0 Å². The lowest BCUT2D eigenvalue weighted by molar-refractivity contribution is 0.696. The van der Waals surface area contributed by atoms with E-state index in [1.54, 1.807) is 35.9 Å². The van der Waals surface area contributed by atoms with E-state index in [1.807, 2.05) is 10.6 Å². The summed E-state index contributed by atoms with van der Waals surface area (Å²) in [5.41, 5.74) is 4.69. The number of imidazole rings is 1. The minimum Gasteiger partial charge on any atom is -0.295 e. The molecule has 0 bridgehead atoms. The molecule has 0 amide bonds. The minimum atomic E-state index is -0.250. The van der Waals surface area contributed by atoms with Gasteiger partial charge in [0.05, 0.1) is 16.7 Å². The first-order chi connectivity index (χ1) is 10.2. The second kappa shape index (κ2) is 4.80. The van der Waals surface area contributed by atoms with E-state index < -0.39 is 0 Å². The first-order valence-electron chi connectivity index (χ1n) is 6.50. The summed E-state index contributed by atoms with van der Waals surface area (Å²) in [6.45, 7) is 0. The monoisotopic (exact) mass is 280 g/mol. The summed E-state index contributed by atoms with van der Waals surface area (Å²) in [4.78, 5) is 12.2. The molecular weight excluding hydrogens is 268 g/mol. The van der Waals surface area contributed by atoms with Crippen LogP contribution in [0.5, 0.6) is 0 Å². The summed E-state index contributed by atoms with van der Waals surface area (Å²) >= 11 is 0. The number of fused-ring (bicyclic) bond motifs is 1. The van der Waals surface area contributed by atoms with Gasteiger partial charge in [0.2, 0.25) is 5.71 Å². The molecular formula is C14H12N6O. The van der Waals surface area contributed by atoms with E-state index >= 15 is 0 Å². The molecule has 0 unspecified atom stereocenters. The van der Waals surface area contributed by atoms with Crippen molar-refractivity contribution < 1.29 is 0 Å². The second-order valence-corrected chi connectivity index (χ2v) is 4.94. The lowest BCUT2D eigenvalue weighted by atomic mass is 10.2. The number of nitrogens with zero attached hydrogens (tertiary/aromatic N) is 5. The molecule has 3 rings (SSSR count). The Labute approximate surface area is 120 Å². The number of benzene rings is 1. The Kier molecular flexibility index (Phi) is 2.96. The summed E-state index contributed by atoms with van der Waals surface area (Å²) in [5, 5.41) is 21.0. The highest BCUT2D eigenvalue weighted by molar-refractivity contribution is 6.10. The number of rotatable bonds is 3. The fourth-order valence-corrected chi connectivity index (χ4v) is 2.31. The zero-order valence-corrected chi connectivity index (χ0v) is 11.4. The molecule has 104 valence electrons. The number of hydrazone groups is 1. The summed E-state index contributed by atoms with van der Waals surface area (Å²) in [6, 6.07) is 9.07. The number of hydrogen-bond acceptors (Lipinski definition) is 5. The molecule has 1 N–H and O–H groups in total. The predicted molar refractivity (Wildman–Crippen MR) is 77.7 cm³/mol. The van der Waals surface area contributed by atoms with Gasteiger partial charge >= 0.3 is 5.69 Å². The standard InChI is InChI=1S/C14H12N6O/c1-19-13-6-9(17-18-10(7-15)8-16)2-5-12(13)20(14(19)21)11-3-4-11/h2,5-6,11,17H,3-4H2,1H3. The Bertz CT molecular complexity index is 869. The highest BCUT2D eigenvalue weighted by Gasteiger charge is 2.28. The van der Waals surface area contributed by atoms with Crippen molar-refractivity contribution in [2.45, 2.75) is 18.9 Å². The van der Waals surface area contributed by atoms with E-state index in [1.165, 1.54) is 0 Å². The van der Waals surface area contributed by atoms with E-state index in [-0.39, 0.29) is 11.4 Å². The number of nitriles is 2. The van der Waals surface area contributed by atoms with Gasteiger partial charge < -0.3 is 0 Å².